The summed E-state index contributed by atoms with van der Waals surface area (Å²) in [7, 11) is 0. The lowest BCUT2D eigenvalue weighted by Crippen LogP contribution is -2.41. The Morgan fingerprint density at radius 1 is 1.47 bits per heavy atom. The van der Waals surface area contributed by atoms with Gasteiger partial charge in [0.1, 0.15) is 5.82 Å². The second kappa shape index (κ2) is 5.07. The summed E-state index contributed by atoms with van der Waals surface area (Å²) >= 11 is 3.19. The first-order valence-corrected chi connectivity index (χ1v) is 6.97. The summed E-state index contributed by atoms with van der Waals surface area (Å²) in [6.45, 7) is 2.11. The largest absolute Gasteiger partial charge is 0.389 e. The molecule has 17 heavy (non-hydrogen) atoms. The molecule has 1 aromatic rings. The number of hydrogen-bond donors (Lipinski definition) is 1. The van der Waals surface area contributed by atoms with E-state index in [2.05, 4.69) is 22.9 Å². The molecule has 1 aromatic carbocycles. The molecule has 1 N–H and O–H groups in total. The molecule has 94 valence electrons. The molecule has 3 heteroatoms. The predicted molar refractivity (Wildman–Crippen MR) is 70.4 cm³/mol. The standard InChI is InChI=1S/C14H18BrFO/c1-10-4-2-3-7-14(10,17)9-11-5-6-13(16)12(15)8-11/h5-6,8,10,17H,2-4,7,9H2,1H3. The average Bonchev–Trinajstić information content (AvgIpc) is 2.28. The fourth-order valence-corrected chi connectivity index (χ4v) is 3.09. The van der Waals surface area contributed by atoms with Gasteiger partial charge in [0.2, 0.25) is 0 Å². The van der Waals surface area contributed by atoms with Crippen LogP contribution in [-0.2, 0) is 6.42 Å². The van der Waals surface area contributed by atoms with Gasteiger partial charge in [-0.3, -0.25) is 0 Å². The molecular formula is C14H18BrFO. The number of aliphatic hydroxyl groups is 1. The quantitative estimate of drug-likeness (QED) is 0.873. The minimum atomic E-state index is -0.616. The van der Waals surface area contributed by atoms with Gasteiger partial charge < -0.3 is 5.11 Å². The third-order valence-electron chi connectivity index (χ3n) is 3.91. The molecule has 1 saturated carbocycles. The normalized spacial score (nSPS) is 29.3. The third-order valence-corrected chi connectivity index (χ3v) is 4.52. The van der Waals surface area contributed by atoms with Gasteiger partial charge in [-0.05, 0) is 52.4 Å². The van der Waals surface area contributed by atoms with Crippen LogP contribution in [0.1, 0.15) is 38.2 Å². The van der Waals surface area contributed by atoms with Crippen molar-refractivity contribution in [3.05, 3.63) is 34.1 Å². The second-order valence-corrected chi connectivity index (χ2v) is 6.03. The number of rotatable bonds is 2. The van der Waals surface area contributed by atoms with Crippen LogP contribution in [0.2, 0.25) is 0 Å². The fourth-order valence-electron chi connectivity index (χ4n) is 2.66. The molecule has 1 aliphatic carbocycles. The van der Waals surface area contributed by atoms with Gasteiger partial charge in [0.25, 0.3) is 0 Å². The van der Waals surface area contributed by atoms with Crippen LogP contribution >= 0.6 is 15.9 Å². The lowest BCUT2D eigenvalue weighted by molar-refractivity contribution is -0.0405. The zero-order chi connectivity index (χ0) is 12.5. The van der Waals surface area contributed by atoms with Gasteiger partial charge in [0, 0.05) is 6.42 Å². The number of hydrogen-bond acceptors (Lipinski definition) is 1. The average molecular weight is 301 g/mol. The summed E-state index contributed by atoms with van der Waals surface area (Å²) in [5, 5.41) is 10.6. The van der Waals surface area contributed by atoms with Crippen molar-refractivity contribution < 1.29 is 9.50 Å². The van der Waals surface area contributed by atoms with Crippen molar-refractivity contribution in [3.8, 4) is 0 Å². The summed E-state index contributed by atoms with van der Waals surface area (Å²) in [4.78, 5) is 0. The van der Waals surface area contributed by atoms with Crippen molar-refractivity contribution in [2.24, 2.45) is 5.92 Å². The first-order chi connectivity index (χ1) is 8.01. The Morgan fingerprint density at radius 3 is 2.88 bits per heavy atom. The first kappa shape index (κ1) is 13.0. The van der Waals surface area contributed by atoms with Gasteiger partial charge in [-0.2, -0.15) is 0 Å². The summed E-state index contributed by atoms with van der Waals surface area (Å²) in [5.41, 5.74) is 0.379. The fraction of sp³-hybridized carbons (Fsp3) is 0.571. The molecule has 0 saturated heterocycles. The third kappa shape index (κ3) is 2.89. The molecule has 1 aliphatic rings. The Bertz CT molecular complexity index is 407. The summed E-state index contributed by atoms with van der Waals surface area (Å²) in [5.74, 6) is 0.0671. The zero-order valence-electron chi connectivity index (χ0n) is 10.0. The van der Waals surface area contributed by atoms with E-state index in [1.165, 1.54) is 12.5 Å². The molecule has 0 spiro atoms. The molecule has 1 fully saturated rings. The highest BCUT2D eigenvalue weighted by molar-refractivity contribution is 9.10. The highest BCUT2D eigenvalue weighted by atomic mass is 79.9. The molecule has 0 aliphatic heterocycles. The second-order valence-electron chi connectivity index (χ2n) is 5.18. The monoisotopic (exact) mass is 300 g/mol. The number of benzene rings is 1. The van der Waals surface area contributed by atoms with Crippen LogP contribution in [0.3, 0.4) is 0 Å². The highest BCUT2D eigenvalue weighted by Gasteiger charge is 2.35. The van der Waals surface area contributed by atoms with Crippen LogP contribution in [0.5, 0.6) is 0 Å². The molecule has 2 unspecified atom stereocenters. The SMILES string of the molecule is CC1CCCCC1(O)Cc1ccc(F)c(Br)c1. The minimum absolute atomic E-state index is 0.252. The van der Waals surface area contributed by atoms with Crippen molar-refractivity contribution in [1.29, 1.82) is 0 Å². The Labute approximate surface area is 110 Å². The van der Waals surface area contributed by atoms with E-state index in [0.717, 1.165) is 24.8 Å². The van der Waals surface area contributed by atoms with Crippen LogP contribution in [-0.4, -0.2) is 10.7 Å². The van der Waals surface area contributed by atoms with Crippen molar-refractivity contribution in [3.63, 3.8) is 0 Å². The zero-order valence-corrected chi connectivity index (χ0v) is 11.6. The lowest BCUT2D eigenvalue weighted by atomic mass is 9.73. The molecule has 0 bridgehead atoms. The highest BCUT2D eigenvalue weighted by Crippen LogP contribution is 2.36. The molecule has 0 aromatic heterocycles. The maximum Gasteiger partial charge on any atom is 0.137 e. The molecule has 0 heterocycles. The molecule has 0 amide bonds. The van der Waals surface area contributed by atoms with Gasteiger partial charge >= 0.3 is 0 Å². The van der Waals surface area contributed by atoms with Gasteiger partial charge in [0.15, 0.2) is 0 Å². The van der Waals surface area contributed by atoms with E-state index < -0.39 is 5.60 Å². The van der Waals surface area contributed by atoms with Crippen molar-refractivity contribution in [1.82, 2.24) is 0 Å². The van der Waals surface area contributed by atoms with E-state index in [-0.39, 0.29) is 5.82 Å². The Kier molecular flexibility index (Phi) is 3.88. The summed E-state index contributed by atoms with van der Waals surface area (Å²) in [6.07, 6.45) is 4.84. The maximum atomic E-state index is 13.1. The van der Waals surface area contributed by atoms with Crippen molar-refractivity contribution >= 4 is 15.9 Å². The van der Waals surface area contributed by atoms with E-state index >= 15 is 0 Å². The first-order valence-electron chi connectivity index (χ1n) is 6.17. The Morgan fingerprint density at radius 2 is 2.24 bits per heavy atom. The van der Waals surface area contributed by atoms with Gasteiger partial charge in [0.05, 0.1) is 10.1 Å². The molecule has 0 radical (unpaired) electrons. The smallest absolute Gasteiger partial charge is 0.137 e. The maximum absolute atomic E-state index is 13.1. The van der Waals surface area contributed by atoms with Crippen molar-refractivity contribution in [2.45, 2.75) is 44.6 Å². The van der Waals surface area contributed by atoms with E-state index in [1.807, 2.05) is 0 Å². The van der Waals surface area contributed by atoms with Crippen LogP contribution in [0.25, 0.3) is 0 Å². The number of halogens is 2. The van der Waals surface area contributed by atoms with Crippen LogP contribution in [0.15, 0.2) is 22.7 Å². The van der Waals surface area contributed by atoms with E-state index in [1.54, 1.807) is 12.1 Å². The van der Waals surface area contributed by atoms with Gasteiger partial charge in [-0.25, -0.2) is 4.39 Å². The van der Waals surface area contributed by atoms with Crippen LogP contribution < -0.4 is 0 Å². The topological polar surface area (TPSA) is 20.2 Å². The summed E-state index contributed by atoms with van der Waals surface area (Å²) < 4.78 is 13.6. The van der Waals surface area contributed by atoms with Crippen LogP contribution in [0.4, 0.5) is 4.39 Å². The van der Waals surface area contributed by atoms with E-state index in [0.29, 0.717) is 16.8 Å². The predicted octanol–water partition coefficient (Wildman–Crippen LogP) is 4.07. The van der Waals surface area contributed by atoms with E-state index in [4.69, 9.17) is 0 Å². The lowest BCUT2D eigenvalue weighted by Gasteiger charge is -2.38. The van der Waals surface area contributed by atoms with Gasteiger partial charge in [-0.15, -0.1) is 0 Å². The molecule has 2 atom stereocenters. The Balaban J connectivity index is 2.16. The van der Waals surface area contributed by atoms with Crippen LogP contribution in [0, 0.1) is 11.7 Å². The Hall–Kier alpha value is -0.410. The molecule has 2 rings (SSSR count). The molecular weight excluding hydrogens is 283 g/mol. The minimum Gasteiger partial charge on any atom is -0.389 e. The molecule has 1 nitrogen and oxygen atoms in total. The van der Waals surface area contributed by atoms with E-state index in [9.17, 15) is 9.50 Å². The van der Waals surface area contributed by atoms with Crippen molar-refractivity contribution in [2.75, 3.05) is 0 Å². The van der Waals surface area contributed by atoms with Gasteiger partial charge in [-0.1, -0.05) is 25.8 Å². The summed E-state index contributed by atoms with van der Waals surface area (Å²) in [6, 6.07) is 4.99.